The molecule has 430 valence electrons. The number of methoxy groups -OCH3 is 4. The molecule has 30 atom stereocenters. The molecule has 2 bridgehead atoms. The Labute approximate surface area is 443 Å². The summed E-state index contributed by atoms with van der Waals surface area (Å²) in [7, 11) is 6.53. The molecule has 0 radical (unpaired) electrons. The number of carbonyl (C=O) groups is 1. The molecule has 10 fully saturated rings. The molecule has 3 saturated carbocycles. The van der Waals surface area contributed by atoms with Gasteiger partial charge in [0, 0.05) is 78.8 Å². The van der Waals surface area contributed by atoms with Gasteiger partial charge in [-0.2, -0.15) is 0 Å². The van der Waals surface area contributed by atoms with Crippen LogP contribution in [0.25, 0.3) is 0 Å². The molecule has 7 saturated heterocycles. The van der Waals surface area contributed by atoms with Gasteiger partial charge in [0.2, 0.25) is 0 Å². The Morgan fingerprint density at radius 3 is 1.48 bits per heavy atom. The molecule has 0 aromatic carbocycles. The molecule has 10 rings (SSSR count). The average molecular weight is 1070 g/mol. The Hall–Kier alpha value is -1.09. The topological polar surface area (TPSA) is 225 Å². The second-order valence-electron chi connectivity index (χ2n) is 24.4. The molecule has 7 aliphatic heterocycles. The lowest BCUT2D eigenvalue weighted by Crippen LogP contribution is -2.58. The summed E-state index contributed by atoms with van der Waals surface area (Å²) in [6.45, 7) is 15.9. The van der Waals surface area contributed by atoms with Crippen molar-refractivity contribution in [2.75, 3.05) is 28.4 Å². The molecule has 20 heteroatoms. The van der Waals surface area contributed by atoms with Gasteiger partial charge in [0.15, 0.2) is 43.0 Å². The number of carbonyl (C=O) groups excluding carboxylic acids is 1. The van der Waals surface area contributed by atoms with Crippen molar-refractivity contribution in [3.05, 3.63) is 0 Å². The fraction of sp³-hybridized carbons (Fsp3) is 0.982. The fourth-order valence-corrected chi connectivity index (χ4v) is 15.8. The molecule has 7 heterocycles. The highest BCUT2D eigenvalue weighted by Gasteiger charge is 2.71. The second-order valence-corrected chi connectivity index (χ2v) is 24.4. The molecule has 1 spiro atoms. The van der Waals surface area contributed by atoms with Gasteiger partial charge >= 0.3 is 0 Å². The van der Waals surface area contributed by atoms with Crippen molar-refractivity contribution in [3.8, 4) is 0 Å². The maximum absolute atomic E-state index is 13.5. The van der Waals surface area contributed by atoms with Crippen LogP contribution in [0.5, 0.6) is 0 Å². The molecule has 0 amide bonds. The number of hydrogen-bond donors (Lipinski definition) is 3. The minimum absolute atomic E-state index is 0.0187. The highest BCUT2D eigenvalue weighted by Crippen LogP contribution is 2.67. The molecule has 75 heavy (non-hydrogen) atoms. The quantitative estimate of drug-likeness (QED) is 0.204. The van der Waals surface area contributed by atoms with Gasteiger partial charge in [-0.3, -0.25) is 4.79 Å². The molecule has 10 aliphatic rings. The van der Waals surface area contributed by atoms with E-state index in [4.69, 9.17) is 75.8 Å². The first kappa shape index (κ1) is 57.2. The molecule has 3 N–H and O–H groups in total. The van der Waals surface area contributed by atoms with Crippen LogP contribution in [0.3, 0.4) is 0 Å². The standard InChI is InChI=1S/C55H90O20/c1-25-33-18-35(57)52(59)54(33,8)41-24-40-53(7)15-14-32(17-31(53)13-16-55(40,74-25)75-41)69-43-21-37(61-10)50(28(4)66-43)72-46-23-39(63-12)51(30(6)68-46)73-45-22-38(62-11)49(29(5)67-45)71-42-19-34(56)48(27(3)65-42)70-44-20-36(60-9)47(58)26(2)64-44/h25-51,56-58H,13-24H2,1-12H3. The Balaban J connectivity index is 0.688. The predicted molar refractivity (Wildman–Crippen MR) is 262 cm³/mol. The maximum atomic E-state index is 13.5. The van der Waals surface area contributed by atoms with Crippen molar-refractivity contribution >= 4 is 5.78 Å². The van der Waals surface area contributed by atoms with Crippen LogP contribution in [-0.2, 0) is 80.6 Å². The lowest BCUT2D eigenvalue weighted by atomic mass is 9.52. The van der Waals surface area contributed by atoms with Crippen LogP contribution in [0, 0.1) is 28.6 Å². The summed E-state index contributed by atoms with van der Waals surface area (Å²) < 4.78 is 102. The first-order chi connectivity index (χ1) is 35.7. The molecular weight excluding hydrogens is 981 g/mol. The number of hydrogen-bond acceptors (Lipinski definition) is 20. The van der Waals surface area contributed by atoms with Crippen LogP contribution >= 0.6 is 0 Å². The Morgan fingerprint density at radius 1 is 0.493 bits per heavy atom. The number of aliphatic hydroxyl groups excluding tert-OH is 3. The number of rotatable bonds is 14. The number of aliphatic hydroxyl groups is 3. The third-order valence-corrected chi connectivity index (χ3v) is 20.1. The molecule has 3 aliphatic carbocycles. The van der Waals surface area contributed by atoms with E-state index in [1.54, 1.807) is 35.4 Å². The van der Waals surface area contributed by atoms with E-state index in [9.17, 15) is 20.1 Å². The van der Waals surface area contributed by atoms with Crippen molar-refractivity contribution in [3.63, 3.8) is 0 Å². The zero-order valence-electron chi connectivity index (χ0n) is 46.4. The monoisotopic (exact) mass is 1070 g/mol. The molecule has 0 aromatic heterocycles. The molecular formula is C55H90O20. The van der Waals surface area contributed by atoms with E-state index in [1.165, 1.54) is 0 Å². The van der Waals surface area contributed by atoms with Crippen molar-refractivity contribution in [1.82, 2.24) is 0 Å². The van der Waals surface area contributed by atoms with E-state index in [0.29, 0.717) is 38.0 Å². The second kappa shape index (κ2) is 22.7. The highest BCUT2D eigenvalue weighted by molar-refractivity contribution is 5.91. The zero-order chi connectivity index (χ0) is 53.5. The summed E-state index contributed by atoms with van der Waals surface area (Å²) in [6.07, 6.45) is -4.75. The van der Waals surface area contributed by atoms with Crippen LogP contribution in [0.4, 0.5) is 0 Å². The number of ketones is 1. The number of Topliss-reactive ketones (excluding diaryl/α,β-unsaturated/α-hetero) is 1. The Morgan fingerprint density at radius 2 is 0.960 bits per heavy atom. The first-order valence-corrected chi connectivity index (χ1v) is 28.3. The average Bonchev–Trinajstić information content (AvgIpc) is 3.92. The minimum Gasteiger partial charge on any atom is -0.390 e. The molecule has 30 unspecified atom stereocenters. The van der Waals surface area contributed by atoms with E-state index in [1.807, 2.05) is 34.6 Å². The Bertz CT molecular complexity index is 1920. The van der Waals surface area contributed by atoms with E-state index in [0.717, 1.165) is 38.5 Å². The van der Waals surface area contributed by atoms with E-state index >= 15 is 0 Å². The third-order valence-electron chi connectivity index (χ3n) is 20.1. The van der Waals surface area contributed by atoms with Crippen molar-refractivity contribution < 1.29 is 95.9 Å². The minimum atomic E-state index is -0.955. The van der Waals surface area contributed by atoms with Crippen molar-refractivity contribution in [1.29, 1.82) is 0 Å². The lowest BCUT2D eigenvalue weighted by molar-refractivity contribution is -0.351. The molecule has 0 aromatic rings. The number of ether oxygens (including phenoxy) is 16. The van der Waals surface area contributed by atoms with Crippen LogP contribution in [0.15, 0.2) is 0 Å². The van der Waals surface area contributed by atoms with Gasteiger partial charge in [-0.15, -0.1) is 0 Å². The van der Waals surface area contributed by atoms with E-state index in [-0.39, 0.29) is 66.1 Å². The van der Waals surface area contributed by atoms with Crippen molar-refractivity contribution in [2.24, 2.45) is 28.6 Å². The summed E-state index contributed by atoms with van der Waals surface area (Å²) in [5, 5.41) is 32.3. The summed E-state index contributed by atoms with van der Waals surface area (Å²) in [5.41, 5.74) is -0.786. The number of fused-ring (bicyclic) bond motifs is 5. The van der Waals surface area contributed by atoms with Gasteiger partial charge in [-0.1, -0.05) is 6.92 Å². The summed E-state index contributed by atoms with van der Waals surface area (Å²) in [6, 6.07) is 0. The fourth-order valence-electron chi connectivity index (χ4n) is 15.8. The SMILES string of the molecule is COC1CC(OC2C(O)CC(OC3C(C)OC(OC4C(C)OC(OC5C(C)OC(OC6CCC7(C)C(CCC89OC(C)C%10CC(O)C(=O)C%10(C)C(CC87)O9)C6)CC5OC)CC4OC)CC3OC)OC2C)OC(C)C1O. The van der Waals surface area contributed by atoms with Gasteiger partial charge < -0.3 is 91.1 Å². The van der Waals surface area contributed by atoms with Gasteiger partial charge in [0.25, 0.3) is 0 Å². The largest absolute Gasteiger partial charge is 0.390 e. The Kier molecular flexibility index (Phi) is 17.3. The van der Waals surface area contributed by atoms with Gasteiger partial charge in [-0.05, 0) is 98.3 Å². The van der Waals surface area contributed by atoms with Crippen molar-refractivity contribution in [2.45, 2.75) is 286 Å². The van der Waals surface area contributed by atoms with Gasteiger partial charge in [-0.25, -0.2) is 0 Å². The first-order valence-electron chi connectivity index (χ1n) is 28.3. The van der Waals surface area contributed by atoms with Crippen LogP contribution in [0.2, 0.25) is 0 Å². The smallest absolute Gasteiger partial charge is 0.172 e. The zero-order valence-corrected chi connectivity index (χ0v) is 46.4. The summed E-state index contributed by atoms with van der Waals surface area (Å²) >= 11 is 0. The van der Waals surface area contributed by atoms with Crippen LogP contribution < -0.4 is 0 Å². The van der Waals surface area contributed by atoms with E-state index < -0.39 is 122 Å². The third kappa shape index (κ3) is 10.7. The highest BCUT2D eigenvalue weighted by atomic mass is 16.8. The van der Waals surface area contributed by atoms with Gasteiger partial charge in [0.1, 0.15) is 36.6 Å². The summed E-state index contributed by atoms with van der Waals surface area (Å²) in [4.78, 5) is 13.5. The normalized spacial score (nSPS) is 55.2. The maximum Gasteiger partial charge on any atom is 0.172 e. The van der Waals surface area contributed by atoms with Crippen LogP contribution in [-0.4, -0.2) is 203 Å². The lowest BCUT2D eigenvalue weighted by Gasteiger charge is -2.57. The summed E-state index contributed by atoms with van der Waals surface area (Å²) in [5.74, 6) is -0.287. The van der Waals surface area contributed by atoms with Crippen LogP contribution in [0.1, 0.15) is 132 Å². The van der Waals surface area contributed by atoms with Gasteiger partial charge in [0.05, 0.1) is 84.8 Å². The predicted octanol–water partition coefficient (Wildman–Crippen LogP) is 4.45. The molecule has 20 nitrogen and oxygen atoms in total. The van der Waals surface area contributed by atoms with E-state index in [2.05, 4.69) is 13.8 Å².